The Kier molecular flexibility index (Phi) is 6.69. The predicted molar refractivity (Wildman–Crippen MR) is 84.5 cm³/mol. The molecule has 0 aliphatic carbocycles. The van der Waals surface area contributed by atoms with Gasteiger partial charge in [-0.2, -0.15) is 0 Å². The number of unbranched alkanes of at least 4 members (excludes halogenated alkanes) is 1. The van der Waals surface area contributed by atoms with Gasteiger partial charge < -0.3 is 15.2 Å². The molecule has 0 aromatic heterocycles. The summed E-state index contributed by atoms with van der Waals surface area (Å²) in [5, 5.41) is 0. The van der Waals surface area contributed by atoms with E-state index < -0.39 is 5.54 Å². The molecule has 1 unspecified atom stereocenters. The molecule has 1 atom stereocenters. The number of nitrogens with two attached hydrogens (primary N) is 1. The molecule has 0 saturated carbocycles. The van der Waals surface area contributed by atoms with Crippen molar-refractivity contribution in [3.05, 3.63) is 29.8 Å². The lowest BCUT2D eigenvalue weighted by molar-refractivity contribution is -0.146. The van der Waals surface area contributed by atoms with E-state index in [1.807, 2.05) is 12.1 Å². The van der Waals surface area contributed by atoms with Gasteiger partial charge in [0.1, 0.15) is 11.3 Å². The van der Waals surface area contributed by atoms with Crippen LogP contribution in [0.5, 0.6) is 5.75 Å². The van der Waals surface area contributed by atoms with Gasteiger partial charge in [-0.1, -0.05) is 26.0 Å². The molecule has 0 bridgehead atoms. The second-order valence-electron chi connectivity index (χ2n) is 5.94. The molecule has 0 spiro atoms. The summed E-state index contributed by atoms with van der Waals surface area (Å²) in [6.45, 7) is 6.66. The van der Waals surface area contributed by atoms with Crippen LogP contribution >= 0.6 is 0 Å². The maximum absolute atomic E-state index is 11.4. The molecule has 1 rings (SSSR count). The summed E-state index contributed by atoms with van der Waals surface area (Å²) in [6.07, 6.45) is 2.28. The number of hydrogen-bond acceptors (Lipinski definition) is 4. The number of rotatable bonds is 8. The van der Waals surface area contributed by atoms with E-state index in [2.05, 4.69) is 30.7 Å². The summed E-state index contributed by atoms with van der Waals surface area (Å²) < 4.78 is 10.4. The first-order chi connectivity index (χ1) is 9.86. The van der Waals surface area contributed by atoms with Crippen LogP contribution in [0.1, 0.15) is 51.5 Å². The fourth-order valence-electron chi connectivity index (χ4n) is 2.07. The molecule has 0 saturated heterocycles. The highest BCUT2D eigenvalue weighted by Crippen LogP contribution is 2.19. The number of esters is 1. The molecule has 0 radical (unpaired) electrons. The van der Waals surface area contributed by atoms with Gasteiger partial charge in [0, 0.05) is 0 Å². The minimum Gasteiger partial charge on any atom is -0.494 e. The molecule has 0 heterocycles. The van der Waals surface area contributed by atoms with Crippen LogP contribution in [0.2, 0.25) is 0 Å². The Bertz CT molecular complexity index is 438. The highest BCUT2D eigenvalue weighted by Gasteiger charge is 2.28. The summed E-state index contributed by atoms with van der Waals surface area (Å²) in [5.41, 5.74) is 6.29. The van der Waals surface area contributed by atoms with Crippen molar-refractivity contribution in [3.8, 4) is 5.75 Å². The van der Waals surface area contributed by atoms with E-state index in [0.29, 0.717) is 18.9 Å². The van der Waals surface area contributed by atoms with Gasteiger partial charge in [-0.05, 0) is 49.8 Å². The monoisotopic (exact) mass is 293 g/mol. The predicted octanol–water partition coefficient (Wildman–Crippen LogP) is 3.25. The average molecular weight is 293 g/mol. The van der Waals surface area contributed by atoms with Gasteiger partial charge in [-0.15, -0.1) is 0 Å². The van der Waals surface area contributed by atoms with Crippen LogP contribution in [0.25, 0.3) is 0 Å². The number of hydrogen-bond donors (Lipinski definition) is 1. The van der Waals surface area contributed by atoms with Crippen LogP contribution in [0.4, 0.5) is 0 Å². The quantitative estimate of drug-likeness (QED) is 0.590. The Morgan fingerprint density at radius 2 is 1.86 bits per heavy atom. The van der Waals surface area contributed by atoms with E-state index in [4.69, 9.17) is 10.5 Å². The zero-order chi connectivity index (χ0) is 15.9. The maximum atomic E-state index is 11.4. The third-order valence-corrected chi connectivity index (χ3v) is 3.56. The van der Waals surface area contributed by atoms with Gasteiger partial charge in [-0.25, -0.2) is 0 Å². The Morgan fingerprint density at radius 1 is 1.24 bits per heavy atom. The molecular weight excluding hydrogens is 266 g/mol. The van der Waals surface area contributed by atoms with Gasteiger partial charge in [0.15, 0.2) is 0 Å². The normalized spacial score (nSPS) is 13.8. The lowest BCUT2D eigenvalue weighted by Gasteiger charge is -2.21. The standard InChI is InChI=1S/C17H27NO3/c1-13(2)14-7-9-15(10-8-14)21-12-6-5-11-17(3,18)16(19)20-4/h7-10,13H,5-6,11-12,18H2,1-4H3. The molecule has 118 valence electrons. The smallest absolute Gasteiger partial charge is 0.325 e. The Hall–Kier alpha value is -1.55. The minimum atomic E-state index is -0.909. The van der Waals surface area contributed by atoms with E-state index in [1.165, 1.54) is 12.7 Å². The van der Waals surface area contributed by atoms with Gasteiger partial charge >= 0.3 is 5.97 Å². The van der Waals surface area contributed by atoms with Crippen molar-refractivity contribution in [2.24, 2.45) is 5.73 Å². The summed E-state index contributed by atoms with van der Waals surface area (Å²) >= 11 is 0. The van der Waals surface area contributed by atoms with Crippen LogP contribution in [0.3, 0.4) is 0 Å². The van der Waals surface area contributed by atoms with E-state index in [9.17, 15) is 4.79 Å². The van der Waals surface area contributed by atoms with Gasteiger partial charge in [0.25, 0.3) is 0 Å². The molecule has 4 heteroatoms. The molecule has 1 aromatic carbocycles. The molecule has 1 aromatic rings. The molecule has 0 aliphatic rings. The molecular formula is C17H27NO3. The molecule has 21 heavy (non-hydrogen) atoms. The highest BCUT2D eigenvalue weighted by molar-refractivity contribution is 5.79. The second kappa shape index (κ2) is 8.03. The first-order valence-corrected chi connectivity index (χ1v) is 7.47. The van der Waals surface area contributed by atoms with Gasteiger partial charge in [-0.3, -0.25) is 4.79 Å². The summed E-state index contributed by atoms with van der Waals surface area (Å²) in [4.78, 5) is 11.4. The van der Waals surface area contributed by atoms with E-state index >= 15 is 0 Å². The van der Waals surface area contributed by atoms with E-state index in [1.54, 1.807) is 6.92 Å². The van der Waals surface area contributed by atoms with Crippen molar-refractivity contribution in [1.82, 2.24) is 0 Å². The fraction of sp³-hybridized carbons (Fsp3) is 0.588. The SMILES string of the molecule is COC(=O)C(C)(N)CCCCOc1ccc(C(C)C)cc1. The largest absolute Gasteiger partial charge is 0.494 e. The summed E-state index contributed by atoms with van der Waals surface area (Å²) in [6, 6.07) is 8.18. The first-order valence-electron chi connectivity index (χ1n) is 7.47. The Labute approximate surface area is 127 Å². The Balaban J connectivity index is 2.27. The maximum Gasteiger partial charge on any atom is 0.325 e. The summed E-state index contributed by atoms with van der Waals surface area (Å²) in [7, 11) is 1.36. The van der Waals surface area contributed by atoms with Crippen LogP contribution in [0, 0.1) is 0 Å². The average Bonchev–Trinajstić information content (AvgIpc) is 2.46. The molecule has 0 aliphatic heterocycles. The third-order valence-electron chi connectivity index (χ3n) is 3.56. The van der Waals surface area contributed by atoms with Crippen molar-refractivity contribution in [3.63, 3.8) is 0 Å². The zero-order valence-electron chi connectivity index (χ0n) is 13.5. The van der Waals surface area contributed by atoms with Crippen LogP contribution in [0.15, 0.2) is 24.3 Å². The Morgan fingerprint density at radius 3 is 2.38 bits per heavy atom. The molecule has 0 amide bonds. The molecule has 0 fully saturated rings. The minimum absolute atomic E-state index is 0.368. The van der Waals surface area contributed by atoms with Crippen LogP contribution in [-0.4, -0.2) is 25.2 Å². The topological polar surface area (TPSA) is 61.5 Å². The van der Waals surface area contributed by atoms with Crippen LogP contribution < -0.4 is 10.5 Å². The van der Waals surface area contributed by atoms with Crippen molar-refractivity contribution in [1.29, 1.82) is 0 Å². The van der Waals surface area contributed by atoms with Crippen molar-refractivity contribution in [2.45, 2.75) is 51.5 Å². The first kappa shape index (κ1) is 17.5. The van der Waals surface area contributed by atoms with Gasteiger partial charge in [0.2, 0.25) is 0 Å². The van der Waals surface area contributed by atoms with Crippen molar-refractivity contribution in [2.75, 3.05) is 13.7 Å². The number of benzene rings is 1. The van der Waals surface area contributed by atoms with Crippen LogP contribution in [-0.2, 0) is 9.53 Å². The number of ether oxygens (including phenoxy) is 2. The third kappa shape index (κ3) is 5.76. The number of carbonyl (C=O) groups excluding carboxylic acids is 1. The lowest BCUT2D eigenvalue weighted by atomic mass is 9.96. The highest BCUT2D eigenvalue weighted by atomic mass is 16.5. The lowest BCUT2D eigenvalue weighted by Crippen LogP contribution is -2.45. The molecule has 4 nitrogen and oxygen atoms in total. The van der Waals surface area contributed by atoms with Gasteiger partial charge in [0.05, 0.1) is 13.7 Å². The van der Waals surface area contributed by atoms with E-state index in [-0.39, 0.29) is 5.97 Å². The number of carbonyl (C=O) groups is 1. The summed E-state index contributed by atoms with van der Waals surface area (Å²) in [5.74, 6) is 1.04. The zero-order valence-corrected chi connectivity index (χ0v) is 13.5. The van der Waals surface area contributed by atoms with E-state index in [0.717, 1.165) is 18.6 Å². The molecule has 2 N–H and O–H groups in total. The fourth-order valence-corrected chi connectivity index (χ4v) is 2.07. The van der Waals surface area contributed by atoms with Crippen molar-refractivity contribution < 1.29 is 14.3 Å². The second-order valence-corrected chi connectivity index (χ2v) is 5.94. The number of methoxy groups -OCH3 is 1. The van der Waals surface area contributed by atoms with Crippen molar-refractivity contribution >= 4 is 5.97 Å².